The summed E-state index contributed by atoms with van der Waals surface area (Å²) in [5, 5.41) is 8.63. The number of nitrogens with zero attached hydrogens (tertiary/aromatic N) is 6. The Hall–Kier alpha value is -9.70. The van der Waals surface area contributed by atoms with Gasteiger partial charge in [0.2, 0.25) is 0 Å². The number of anilines is 2. The van der Waals surface area contributed by atoms with Crippen molar-refractivity contribution in [1.82, 2.24) is 23.7 Å². The number of aryl methyl sites for hydroxylation is 7. The zero-order valence-electron chi connectivity index (χ0n) is 73.5. The Bertz CT molecular complexity index is 5180. The smallest absolute Gasteiger partial charge is 0.418 e. The van der Waals surface area contributed by atoms with Gasteiger partial charge >= 0.3 is 12.1 Å². The molecule has 7 amide bonds. The summed E-state index contributed by atoms with van der Waals surface area (Å²) in [6, 6.07) is 34.9. The van der Waals surface area contributed by atoms with Gasteiger partial charge in [0.1, 0.15) is 32.6 Å². The maximum atomic E-state index is 15.0. The highest BCUT2D eigenvalue weighted by molar-refractivity contribution is 8.00. The third kappa shape index (κ3) is 24.0. The normalized spacial score (nSPS) is 15.9. The number of hydrogen-bond donors (Lipinski definition) is 3. The van der Waals surface area contributed by atoms with E-state index in [-0.39, 0.29) is 64.6 Å². The van der Waals surface area contributed by atoms with Gasteiger partial charge in [-0.05, 0) is 184 Å². The van der Waals surface area contributed by atoms with Crippen molar-refractivity contribution in [3.8, 4) is 17.2 Å². The Morgan fingerprint density at radius 1 is 0.467 bits per heavy atom. The first-order chi connectivity index (χ1) is 58.3. The van der Waals surface area contributed by atoms with Crippen LogP contribution in [-0.4, -0.2) is 139 Å². The molecule has 2 unspecified atom stereocenters. The first-order valence-electron chi connectivity index (χ1n) is 43.2. The number of aliphatic imine (C=N–C) groups is 2. The van der Waals surface area contributed by atoms with Crippen LogP contribution in [0.25, 0.3) is 0 Å². The van der Waals surface area contributed by atoms with E-state index >= 15 is 4.79 Å². The lowest BCUT2D eigenvalue weighted by Gasteiger charge is -2.36. The molecule has 7 aromatic carbocycles. The highest BCUT2D eigenvalue weighted by atomic mass is 32.2. The molecule has 23 nitrogen and oxygen atoms in total. The number of cyclic esters (lactones) is 1. The maximum absolute atomic E-state index is 15.0. The lowest BCUT2D eigenvalue weighted by Crippen LogP contribution is -2.59. The number of amidine groups is 2. The van der Waals surface area contributed by atoms with Crippen molar-refractivity contribution in [1.29, 1.82) is 0 Å². The first kappa shape index (κ1) is 94.5. The average Bonchev–Trinajstić information content (AvgIpc) is 1.38. The Labute approximate surface area is 731 Å². The van der Waals surface area contributed by atoms with Crippen LogP contribution >= 0.6 is 23.5 Å². The molecule has 0 radical (unpaired) electrons. The van der Waals surface area contributed by atoms with Gasteiger partial charge in [0.05, 0.1) is 48.0 Å². The molecular formula is C95H123N9O14S4. The number of benzene rings is 7. The second-order valence-electron chi connectivity index (χ2n) is 33.2. The van der Waals surface area contributed by atoms with Crippen molar-refractivity contribution in [2.24, 2.45) is 9.98 Å². The lowest BCUT2D eigenvalue weighted by atomic mass is 10.0. The minimum Gasteiger partial charge on any atom is -0.497 e. The molecule has 4 heterocycles. The van der Waals surface area contributed by atoms with Gasteiger partial charge in [-0.15, -0.1) is 0 Å². The molecule has 7 aromatic rings. The molecule has 0 aliphatic carbocycles. The van der Waals surface area contributed by atoms with Crippen LogP contribution in [0.2, 0.25) is 0 Å². The predicted molar refractivity (Wildman–Crippen MR) is 485 cm³/mol. The first-order valence-corrected chi connectivity index (χ1v) is 47.7. The maximum Gasteiger partial charge on any atom is 0.418 e. The second kappa shape index (κ2) is 43.6. The number of urea groups is 1. The van der Waals surface area contributed by atoms with E-state index in [1.807, 2.05) is 82.3 Å². The number of rotatable bonds is 43. The molecule has 0 spiro atoms. The number of methoxy groups -OCH3 is 1. The number of nitrogens with one attached hydrogen (secondary N) is 3. The second-order valence-corrected chi connectivity index (χ2v) is 39.0. The van der Waals surface area contributed by atoms with Gasteiger partial charge in [-0.2, -0.15) is 0 Å². The topological polar surface area (TPSA) is 281 Å². The lowest BCUT2D eigenvalue weighted by molar-refractivity contribution is -0.137. The summed E-state index contributed by atoms with van der Waals surface area (Å²) in [4.78, 5) is 99.5. The molecule has 3 N–H and O–H groups in total. The van der Waals surface area contributed by atoms with Crippen molar-refractivity contribution in [3.05, 3.63) is 172 Å². The van der Waals surface area contributed by atoms with E-state index in [1.54, 1.807) is 62.4 Å². The van der Waals surface area contributed by atoms with Crippen molar-refractivity contribution in [2.75, 3.05) is 44.0 Å². The van der Waals surface area contributed by atoms with E-state index in [4.69, 9.17) is 28.9 Å². The number of fused-ring (bicyclic) bond motifs is 2. The quantitative estimate of drug-likeness (QED) is 0.0236. The summed E-state index contributed by atoms with van der Waals surface area (Å²) in [5.41, 5.74) is 5.20. The molecule has 27 heteroatoms. The van der Waals surface area contributed by atoms with Crippen LogP contribution in [0.15, 0.2) is 173 Å². The Balaban J connectivity index is 0.000000256. The Morgan fingerprint density at radius 3 is 1.41 bits per heavy atom. The molecule has 0 aromatic heterocycles. The van der Waals surface area contributed by atoms with E-state index in [0.29, 0.717) is 45.8 Å². The van der Waals surface area contributed by atoms with Gasteiger partial charge < -0.3 is 34.9 Å². The molecular weight excluding hydrogens is 1620 g/mol. The molecule has 2 saturated heterocycles. The minimum absolute atomic E-state index is 0.0168. The average molecular weight is 1740 g/mol. The molecule has 2 atom stereocenters. The predicted octanol–water partition coefficient (Wildman–Crippen LogP) is 21.5. The van der Waals surface area contributed by atoms with Gasteiger partial charge in [-0.3, -0.25) is 27.8 Å². The monoisotopic (exact) mass is 1740 g/mol. The number of hydrogen-bond acceptors (Lipinski definition) is 18. The zero-order valence-corrected chi connectivity index (χ0v) is 76.7. The molecule has 122 heavy (non-hydrogen) atoms. The fourth-order valence-corrected chi connectivity index (χ4v) is 20.8. The van der Waals surface area contributed by atoms with Gasteiger partial charge in [-0.25, -0.2) is 46.2 Å². The number of ether oxygens (including phenoxy) is 4. The number of unbranched alkanes of at least 4 members (excludes halogenated alkanes) is 20. The molecule has 4 aliphatic heterocycles. The van der Waals surface area contributed by atoms with E-state index < -0.39 is 79.0 Å². The molecule has 11 rings (SSSR count). The van der Waals surface area contributed by atoms with Crippen LogP contribution in [0.1, 0.15) is 228 Å². The van der Waals surface area contributed by atoms with Crippen LogP contribution in [0.4, 0.5) is 32.3 Å². The van der Waals surface area contributed by atoms with E-state index in [9.17, 15) is 40.8 Å². The number of para-hydroxylation sites is 2. The third-order valence-corrected chi connectivity index (χ3v) is 28.3. The van der Waals surface area contributed by atoms with Gasteiger partial charge in [0.15, 0.2) is 29.4 Å². The van der Waals surface area contributed by atoms with Crippen molar-refractivity contribution >= 4 is 114 Å². The summed E-state index contributed by atoms with van der Waals surface area (Å²) in [6.07, 6.45) is 24.7. The van der Waals surface area contributed by atoms with Gasteiger partial charge in [-0.1, -0.05) is 238 Å². The molecule has 2 fully saturated rings. The standard InChI is InChI=1S/C48H67N5O5S2.C47H56N4O9S2/c1-8-9-10-11-12-13-14-15-16-17-18-19-20-21-22-25-30-52-44(49-38-26-23-24-27-41(38)60(52,57)58)42(53-46(55)48(6,7)51-47(53)56)45(54)50-39-33-34(2)28-29-40(39)59-43-36(4)31-35(3)32-37(43)5;1-8-9-10-11-12-15-26-59-38-23-20-32(3)29-40(38)61-39-24-21-34(57-7)30-36(39)49-44(52)42(51-45(53)47(5,6)60-46(51)54)43-48-35-17-13-14-18-41(35)62(55,56)50(43)25-16-27-58-37-22-19-31(2)28-33(37)4/h23-24,26-29,31-33,42H,8-22,25,30H2,1-7H3,(H,50,54)(H,51,56);13-14,17-24,28-30,42H,8-12,15-16,25-27H2,1-7H3,(H,49,52). The van der Waals surface area contributed by atoms with E-state index in [0.717, 1.165) is 112 Å². The van der Waals surface area contributed by atoms with Crippen LogP contribution in [0.5, 0.6) is 17.2 Å². The highest BCUT2D eigenvalue weighted by Crippen LogP contribution is 2.44. The molecule has 4 aliphatic rings. The van der Waals surface area contributed by atoms with Crippen LogP contribution in [-0.2, 0) is 44.0 Å². The SMILES string of the molecule is CCCCCCCCCCCCCCCCCCN1C(C(C(=O)Nc2cc(C)ccc2Sc2c(C)cc(C)cc2C)N2C(=O)NC(C)(C)C2=O)=Nc2ccccc2S1(=O)=O.CCCCCCCCOc1ccc(C)cc1Sc1ccc(OC)cc1NC(=O)C(C1=Nc2ccccc2S(=O)(=O)N1CCCOc1ccc(C)cc1C)N1C(=O)OC(C)(C)C1=O. The summed E-state index contributed by atoms with van der Waals surface area (Å²) in [7, 11) is -7.11. The van der Waals surface area contributed by atoms with Crippen molar-refractivity contribution in [3.63, 3.8) is 0 Å². The number of sulfonamides is 2. The van der Waals surface area contributed by atoms with E-state index in [1.165, 1.54) is 153 Å². The van der Waals surface area contributed by atoms with Crippen molar-refractivity contribution < 1.29 is 64.6 Å². The third-order valence-electron chi connectivity index (χ3n) is 22.1. The summed E-state index contributed by atoms with van der Waals surface area (Å²) >= 11 is 2.87. The van der Waals surface area contributed by atoms with Gasteiger partial charge in [0, 0.05) is 40.3 Å². The van der Waals surface area contributed by atoms with E-state index in [2.05, 4.69) is 62.7 Å². The Kier molecular flexibility index (Phi) is 33.8. The fourth-order valence-electron chi connectivity index (χ4n) is 15.5. The summed E-state index contributed by atoms with van der Waals surface area (Å²) < 4.78 is 83.6. The number of carbonyl (C=O) groups is 6. The highest BCUT2D eigenvalue weighted by Gasteiger charge is 2.57. The minimum atomic E-state index is -4.38. The fraction of sp³-hybridized carbons (Fsp3) is 0.474. The zero-order chi connectivity index (χ0) is 88.1. The number of imide groups is 2. The number of carbonyl (C=O) groups excluding carboxylic acids is 6. The van der Waals surface area contributed by atoms with Gasteiger partial charge in [0.25, 0.3) is 43.7 Å². The van der Waals surface area contributed by atoms with Crippen LogP contribution in [0, 0.1) is 48.5 Å². The molecule has 656 valence electrons. The Morgan fingerprint density at radius 2 is 0.902 bits per heavy atom. The summed E-state index contributed by atoms with van der Waals surface area (Å²) in [6.45, 7) is 24.9. The van der Waals surface area contributed by atoms with Crippen LogP contribution in [0.3, 0.4) is 0 Å². The summed E-state index contributed by atoms with van der Waals surface area (Å²) in [5.74, 6) is -1.92. The van der Waals surface area contributed by atoms with Crippen LogP contribution < -0.4 is 30.2 Å². The molecule has 0 bridgehead atoms. The number of amides is 7. The largest absolute Gasteiger partial charge is 0.497 e. The molecule has 0 saturated carbocycles. The van der Waals surface area contributed by atoms with Crippen molar-refractivity contribution in [2.45, 2.75) is 290 Å².